The second-order valence-electron chi connectivity index (χ2n) is 14.1. The van der Waals surface area contributed by atoms with E-state index in [4.69, 9.17) is 18.8 Å². The van der Waals surface area contributed by atoms with Crippen molar-refractivity contribution < 1.29 is 38.1 Å². The molecule has 0 saturated heterocycles. The Morgan fingerprint density at radius 2 is 1.21 bits per heavy atom. The van der Waals surface area contributed by atoms with Crippen LogP contribution in [0.3, 0.4) is 0 Å². The molecule has 0 radical (unpaired) electrons. The number of hydrogen-bond acceptors (Lipinski definition) is 12. The van der Waals surface area contributed by atoms with Gasteiger partial charge in [0.05, 0.1) is 10.6 Å². The summed E-state index contributed by atoms with van der Waals surface area (Å²) < 4.78 is 21.2. The van der Waals surface area contributed by atoms with Gasteiger partial charge in [-0.25, -0.2) is 19.0 Å². The van der Waals surface area contributed by atoms with Gasteiger partial charge in [-0.1, -0.05) is 0 Å². The van der Waals surface area contributed by atoms with Crippen LogP contribution < -0.4 is 10.6 Å². The number of hydrogen-bond donors (Lipinski definition) is 2. The van der Waals surface area contributed by atoms with E-state index < -0.39 is 40.0 Å². The highest BCUT2D eigenvalue weighted by atomic mass is 16.6. The summed E-state index contributed by atoms with van der Waals surface area (Å²) in [5.41, 5.74) is -1.33. The van der Waals surface area contributed by atoms with Crippen LogP contribution in [0, 0.1) is 10.1 Å². The van der Waals surface area contributed by atoms with Crippen LogP contribution in [0.1, 0.15) is 88.0 Å². The van der Waals surface area contributed by atoms with Gasteiger partial charge in [0.2, 0.25) is 5.52 Å². The maximum absolute atomic E-state index is 13.0. The first-order valence-corrected chi connectivity index (χ1v) is 15.8. The van der Waals surface area contributed by atoms with Crippen LogP contribution in [-0.4, -0.2) is 99.4 Å². The summed E-state index contributed by atoms with van der Waals surface area (Å²) in [6.45, 7) is 18.4. The first kappa shape index (κ1) is 38.8. The molecule has 0 aliphatic carbocycles. The first-order chi connectivity index (χ1) is 21.8. The van der Waals surface area contributed by atoms with Crippen LogP contribution in [0.15, 0.2) is 16.8 Å². The lowest BCUT2D eigenvalue weighted by Crippen LogP contribution is -2.40. The molecule has 3 amide bonds. The van der Waals surface area contributed by atoms with Crippen molar-refractivity contribution in [1.82, 2.24) is 25.4 Å². The molecule has 16 nitrogen and oxygen atoms in total. The van der Waals surface area contributed by atoms with E-state index in [9.17, 15) is 24.5 Å². The Hall–Kier alpha value is -4.37. The molecule has 0 aliphatic rings. The first-order valence-electron chi connectivity index (χ1n) is 15.8. The average molecular weight is 666 g/mol. The predicted octanol–water partition coefficient (Wildman–Crippen LogP) is 6.10. The summed E-state index contributed by atoms with van der Waals surface area (Å²) in [6.07, 6.45) is 0.806. The number of fused-ring (bicyclic) bond motifs is 1. The zero-order valence-corrected chi connectivity index (χ0v) is 29.1. The SMILES string of the molecule is CC(C)(C)OC(=O)NCCCN(CCCCN(CCCNc1ccc([N+](=O)[O-])c2nonc12)C(=O)OC(C)(C)C)C(=O)OC(C)(C)C. The third-order valence-electron chi connectivity index (χ3n) is 6.19. The second-order valence-corrected chi connectivity index (χ2v) is 14.1. The summed E-state index contributed by atoms with van der Waals surface area (Å²) in [5.74, 6) is 0. The minimum Gasteiger partial charge on any atom is -0.444 e. The van der Waals surface area contributed by atoms with Crippen LogP contribution in [0.25, 0.3) is 11.0 Å². The number of benzene rings is 1. The molecule has 47 heavy (non-hydrogen) atoms. The number of amides is 3. The lowest BCUT2D eigenvalue weighted by atomic mass is 10.2. The van der Waals surface area contributed by atoms with Gasteiger partial charge >= 0.3 is 24.0 Å². The maximum Gasteiger partial charge on any atom is 0.410 e. The van der Waals surface area contributed by atoms with Crippen LogP contribution in [0.2, 0.25) is 0 Å². The van der Waals surface area contributed by atoms with Gasteiger partial charge in [0.15, 0.2) is 5.52 Å². The van der Waals surface area contributed by atoms with Crippen LogP contribution in [-0.2, 0) is 14.2 Å². The normalized spacial score (nSPS) is 11.9. The number of unbranched alkanes of at least 4 members (excludes halogenated alkanes) is 1. The van der Waals surface area contributed by atoms with Crippen LogP contribution >= 0.6 is 0 Å². The van der Waals surface area contributed by atoms with Crippen molar-refractivity contribution in [2.24, 2.45) is 0 Å². The maximum atomic E-state index is 13.0. The van der Waals surface area contributed by atoms with Gasteiger partial charge in [0.1, 0.15) is 16.8 Å². The number of alkyl carbamates (subject to hydrolysis) is 1. The fourth-order valence-corrected chi connectivity index (χ4v) is 4.26. The van der Waals surface area contributed by atoms with Crippen molar-refractivity contribution in [2.75, 3.05) is 44.6 Å². The minimum atomic E-state index is -0.682. The zero-order chi connectivity index (χ0) is 35.4. The topological polar surface area (TPSA) is 191 Å². The van der Waals surface area contributed by atoms with Crippen molar-refractivity contribution in [2.45, 2.75) is 105 Å². The Bertz CT molecular complexity index is 1340. The lowest BCUT2D eigenvalue weighted by molar-refractivity contribution is -0.383. The van der Waals surface area contributed by atoms with Gasteiger partial charge < -0.3 is 34.6 Å². The standard InChI is InChI=1S/C31H51N7O9/c1-29(2,3)44-26(39)33-17-13-21-37(28(41)46-31(7,8)9)19-11-10-18-36(27(40)45-30(4,5)6)20-12-16-32-22-14-15-23(38(42)43)25-24(22)34-47-35-25/h14-15,32H,10-13,16-21H2,1-9H3,(H,33,39). The van der Waals surface area contributed by atoms with E-state index in [1.807, 2.05) is 0 Å². The second kappa shape index (κ2) is 17.0. The van der Waals surface area contributed by atoms with E-state index in [1.165, 1.54) is 6.07 Å². The quantitative estimate of drug-likeness (QED) is 0.0962. The molecular formula is C31H51N7O9. The molecule has 0 aliphatic heterocycles. The summed E-state index contributed by atoms with van der Waals surface area (Å²) >= 11 is 0. The van der Waals surface area contributed by atoms with E-state index in [-0.39, 0.29) is 16.7 Å². The summed E-state index contributed by atoms with van der Waals surface area (Å²) in [7, 11) is 0. The van der Waals surface area contributed by atoms with Crippen LogP contribution in [0.4, 0.5) is 25.8 Å². The number of carbonyl (C=O) groups excluding carboxylic acids is 3. The highest BCUT2D eigenvalue weighted by molar-refractivity contribution is 5.93. The van der Waals surface area contributed by atoms with Gasteiger partial charge in [-0.2, -0.15) is 0 Å². The highest BCUT2D eigenvalue weighted by Gasteiger charge is 2.25. The zero-order valence-electron chi connectivity index (χ0n) is 29.1. The Balaban J connectivity index is 1.95. The number of nitro benzene ring substituents is 1. The molecule has 1 aromatic carbocycles. The van der Waals surface area contributed by atoms with Crippen molar-refractivity contribution >= 4 is 40.7 Å². The highest BCUT2D eigenvalue weighted by Crippen LogP contribution is 2.28. The number of aromatic nitrogens is 2. The molecule has 2 N–H and O–H groups in total. The van der Waals surface area contributed by atoms with E-state index >= 15 is 0 Å². The molecule has 264 valence electrons. The van der Waals surface area contributed by atoms with Gasteiger partial charge in [-0.05, 0) is 104 Å². The number of carbonyl (C=O) groups is 3. The van der Waals surface area contributed by atoms with Crippen molar-refractivity contribution in [3.8, 4) is 0 Å². The predicted molar refractivity (Wildman–Crippen MR) is 175 cm³/mol. The number of ether oxygens (including phenoxy) is 3. The minimum absolute atomic E-state index is 0.0510. The van der Waals surface area contributed by atoms with Crippen molar-refractivity contribution in [3.63, 3.8) is 0 Å². The monoisotopic (exact) mass is 665 g/mol. The molecule has 0 bridgehead atoms. The number of nitrogens with one attached hydrogen (secondary N) is 2. The van der Waals surface area contributed by atoms with Gasteiger partial charge in [0, 0.05) is 45.3 Å². The van der Waals surface area contributed by atoms with Crippen molar-refractivity contribution in [3.05, 3.63) is 22.2 Å². The average Bonchev–Trinajstić information content (AvgIpc) is 3.40. The molecule has 1 heterocycles. The van der Waals surface area contributed by atoms with Gasteiger partial charge in [0.25, 0.3) is 0 Å². The van der Waals surface area contributed by atoms with E-state index in [0.29, 0.717) is 70.6 Å². The molecule has 0 fully saturated rings. The van der Waals surface area contributed by atoms with Gasteiger partial charge in [-0.3, -0.25) is 10.1 Å². The molecule has 1 aromatic heterocycles. The fourth-order valence-electron chi connectivity index (χ4n) is 4.26. The largest absolute Gasteiger partial charge is 0.444 e. The molecule has 16 heteroatoms. The Morgan fingerprint density at radius 3 is 1.70 bits per heavy atom. The molecule has 2 rings (SSSR count). The number of rotatable bonds is 15. The van der Waals surface area contributed by atoms with Crippen LogP contribution in [0.5, 0.6) is 0 Å². The lowest BCUT2D eigenvalue weighted by Gasteiger charge is -2.29. The summed E-state index contributed by atoms with van der Waals surface area (Å²) in [6, 6.07) is 2.88. The molecule has 0 spiro atoms. The Morgan fingerprint density at radius 1 is 0.745 bits per heavy atom. The third-order valence-corrected chi connectivity index (χ3v) is 6.19. The van der Waals surface area contributed by atoms with Crippen molar-refractivity contribution in [1.29, 1.82) is 0 Å². The Labute approximate surface area is 275 Å². The molecule has 0 saturated carbocycles. The molecule has 0 atom stereocenters. The summed E-state index contributed by atoms with van der Waals surface area (Å²) in [4.78, 5) is 51.9. The molecule has 2 aromatic rings. The number of nitro groups is 1. The van der Waals surface area contributed by atoms with Gasteiger partial charge in [-0.15, -0.1) is 0 Å². The number of anilines is 1. The van der Waals surface area contributed by atoms with E-state index in [2.05, 4.69) is 20.9 Å². The molecular weight excluding hydrogens is 614 g/mol. The number of nitrogens with zero attached hydrogens (tertiary/aromatic N) is 5. The fraction of sp³-hybridized carbons (Fsp3) is 0.710. The van der Waals surface area contributed by atoms with E-state index in [0.717, 1.165) is 0 Å². The number of non-ortho nitro benzene ring substituents is 1. The smallest absolute Gasteiger partial charge is 0.410 e. The molecule has 0 unspecified atom stereocenters. The summed E-state index contributed by atoms with van der Waals surface area (Å²) in [5, 5.41) is 24.6. The Kier molecular flexibility index (Phi) is 14.0. The van der Waals surface area contributed by atoms with E-state index in [1.54, 1.807) is 78.2 Å². The third kappa shape index (κ3) is 14.7.